The van der Waals surface area contributed by atoms with Crippen molar-refractivity contribution in [3.8, 4) is 0 Å². The second-order valence-corrected chi connectivity index (χ2v) is 5.17. The fourth-order valence-corrected chi connectivity index (χ4v) is 1.99. The highest BCUT2D eigenvalue weighted by Gasteiger charge is 2.04. The van der Waals surface area contributed by atoms with E-state index in [-0.39, 0.29) is 12.3 Å². The first-order valence-corrected chi connectivity index (χ1v) is 7.04. The highest BCUT2D eigenvalue weighted by molar-refractivity contribution is 9.10. The van der Waals surface area contributed by atoms with Crippen molar-refractivity contribution in [2.24, 2.45) is 0 Å². The molecular formula is C13H13BrN4O4. The molecule has 8 nitrogen and oxygen atoms in total. The van der Waals surface area contributed by atoms with Crippen molar-refractivity contribution in [1.29, 1.82) is 0 Å². The number of hydrogen-bond acceptors (Lipinski definition) is 7. The first kappa shape index (κ1) is 16.1. The monoisotopic (exact) mass is 368 g/mol. The zero-order valence-electron chi connectivity index (χ0n) is 11.4. The molecule has 0 aliphatic rings. The van der Waals surface area contributed by atoms with Gasteiger partial charge >= 0.3 is 0 Å². The third-order valence-corrected chi connectivity index (χ3v) is 3.15. The molecule has 116 valence electrons. The Morgan fingerprint density at radius 2 is 2.09 bits per heavy atom. The van der Waals surface area contributed by atoms with Gasteiger partial charge in [0.1, 0.15) is 5.82 Å². The molecule has 2 aromatic rings. The SMILES string of the molecule is Nc1ncc(Br)cc1CCOONc1ccc([N+](=O)[O-])cc1. The average molecular weight is 369 g/mol. The molecule has 0 radical (unpaired) electrons. The molecule has 0 spiro atoms. The number of benzene rings is 1. The number of anilines is 2. The van der Waals surface area contributed by atoms with Crippen LogP contribution in [-0.2, 0) is 16.3 Å². The molecule has 0 aliphatic heterocycles. The number of non-ortho nitro benzene ring substituents is 1. The Hall–Kier alpha value is -2.23. The molecule has 22 heavy (non-hydrogen) atoms. The van der Waals surface area contributed by atoms with Gasteiger partial charge in [0.05, 0.1) is 17.2 Å². The predicted molar refractivity (Wildman–Crippen MR) is 83.8 cm³/mol. The molecule has 0 bridgehead atoms. The van der Waals surface area contributed by atoms with Gasteiger partial charge in [0.2, 0.25) is 0 Å². The Labute approximate surface area is 134 Å². The zero-order chi connectivity index (χ0) is 15.9. The molecule has 0 fully saturated rings. The van der Waals surface area contributed by atoms with Crippen molar-refractivity contribution >= 4 is 33.1 Å². The first-order valence-electron chi connectivity index (χ1n) is 6.25. The molecule has 2 rings (SSSR count). The number of hydrogen-bond donors (Lipinski definition) is 2. The summed E-state index contributed by atoms with van der Waals surface area (Å²) in [5, 5.41) is 10.5. The van der Waals surface area contributed by atoms with Crippen LogP contribution >= 0.6 is 15.9 Å². The van der Waals surface area contributed by atoms with E-state index in [0.717, 1.165) is 10.0 Å². The van der Waals surface area contributed by atoms with Crippen LogP contribution in [0.15, 0.2) is 41.0 Å². The summed E-state index contributed by atoms with van der Waals surface area (Å²) in [6.07, 6.45) is 2.15. The summed E-state index contributed by atoms with van der Waals surface area (Å²) in [6, 6.07) is 7.60. The lowest BCUT2D eigenvalue weighted by Gasteiger charge is -2.07. The molecule has 0 unspecified atom stereocenters. The Morgan fingerprint density at radius 3 is 2.77 bits per heavy atom. The van der Waals surface area contributed by atoms with Gasteiger partial charge in [-0.2, -0.15) is 0 Å². The van der Waals surface area contributed by atoms with E-state index in [9.17, 15) is 10.1 Å². The van der Waals surface area contributed by atoms with Gasteiger partial charge in [-0.25, -0.2) is 15.4 Å². The highest BCUT2D eigenvalue weighted by atomic mass is 79.9. The minimum atomic E-state index is -0.475. The molecule has 1 aromatic carbocycles. The van der Waals surface area contributed by atoms with Crippen molar-refractivity contribution in [3.05, 3.63) is 56.7 Å². The molecule has 0 amide bonds. The second-order valence-electron chi connectivity index (χ2n) is 4.26. The largest absolute Gasteiger partial charge is 0.383 e. The second kappa shape index (κ2) is 7.69. The van der Waals surface area contributed by atoms with Crippen molar-refractivity contribution in [2.75, 3.05) is 17.8 Å². The van der Waals surface area contributed by atoms with Gasteiger partial charge in [-0.3, -0.25) is 10.1 Å². The summed E-state index contributed by atoms with van der Waals surface area (Å²) < 4.78 is 0.835. The van der Waals surface area contributed by atoms with Crippen LogP contribution in [0.3, 0.4) is 0 Å². The number of pyridine rings is 1. The molecule has 0 saturated heterocycles. The van der Waals surface area contributed by atoms with Gasteiger partial charge in [0.15, 0.2) is 0 Å². The molecular weight excluding hydrogens is 356 g/mol. The standard InChI is InChI=1S/C13H13BrN4O4/c14-10-7-9(13(15)16-8-10)5-6-21-22-17-11-1-3-12(4-2-11)18(19)20/h1-4,7-8,17H,5-6H2,(H2,15,16). The minimum absolute atomic E-state index is 0.00379. The molecule has 1 aromatic heterocycles. The van der Waals surface area contributed by atoms with Crippen LogP contribution < -0.4 is 11.2 Å². The smallest absolute Gasteiger partial charge is 0.269 e. The maximum Gasteiger partial charge on any atom is 0.269 e. The molecule has 3 N–H and O–H groups in total. The van der Waals surface area contributed by atoms with E-state index in [1.165, 1.54) is 24.3 Å². The number of nitrogens with two attached hydrogens (primary N) is 1. The number of nitro benzene ring substituents is 1. The third-order valence-electron chi connectivity index (χ3n) is 2.72. The number of nitrogens with zero attached hydrogens (tertiary/aromatic N) is 2. The maximum atomic E-state index is 10.5. The van der Waals surface area contributed by atoms with E-state index in [1.54, 1.807) is 6.20 Å². The summed E-state index contributed by atoms with van der Waals surface area (Å²) in [7, 11) is 0. The van der Waals surface area contributed by atoms with E-state index in [0.29, 0.717) is 17.9 Å². The highest BCUT2D eigenvalue weighted by Crippen LogP contribution is 2.17. The molecule has 0 saturated carbocycles. The molecule has 9 heteroatoms. The number of rotatable bonds is 7. The topological polar surface area (TPSA) is 113 Å². The van der Waals surface area contributed by atoms with Crippen LogP contribution in [0, 0.1) is 10.1 Å². The minimum Gasteiger partial charge on any atom is -0.383 e. The lowest BCUT2D eigenvalue weighted by atomic mass is 10.2. The van der Waals surface area contributed by atoms with Gasteiger partial charge in [-0.05, 0) is 39.7 Å². The summed E-state index contributed by atoms with van der Waals surface area (Å²) in [4.78, 5) is 23.8. The summed E-state index contributed by atoms with van der Waals surface area (Å²) in [6.45, 7) is 0.266. The van der Waals surface area contributed by atoms with Gasteiger partial charge in [0.25, 0.3) is 5.69 Å². The van der Waals surface area contributed by atoms with E-state index < -0.39 is 4.92 Å². The third kappa shape index (κ3) is 4.65. The van der Waals surface area contributed by atoms with E-state index >= 15 is 0 Å². The molecule has 0 aliphatic carbocycles. The van der Waals surface area contributed by atoms with Gasteiger partial charge in [0, 0.05) is 29.2 Å². The number of nitrogens with one attached hydrogen (secondary N) is 1. The van der Waals surface area contributed by atoms with Gasteiger partial charge in [-0.15, -0.1) is 4.99 Å². The normalized spacial score (nSPS) is 10.4. The van der Waals surface area contributed by atoms with Crippen molar-refractivity contribution in [1.82, 2.24) is 4.98 Å². The number of nitro groups is 1. The van der Waals surface area contributed by atoms with Crippen molar-refractivity contribution < 1.29 is 14.8 Å². The van der Waals surface area contributed by atoms with E-state index in [4.69, 9.17) is 15.6 Å². The van der Waals surface area contributed by atoms with Gasteiger partial charge < -0.3 is 5.73 Å². The lowest BCUT2D eigenvalue weighted by Crippen LogP contribution is -2.07. The van der Waals surface area contributed by atoms with E-state index in [1.807, 2.05) is 6.07 Å². The fraction of sp³-hybridized carbons (Fsp3) is 0.154. The van der Waals surface area contributed by atoms with Crippen molar-refractivity contribution in [2.45, 2.75) is 6.42 Å². The van der Waals surface area contributed by atoms with Crippen LogP contribution in [-0.4, -0.2) is 16.5 Å². The van der Waals surface area contributed by atoms with Crippen LogP contribution in [0.4, 0.5) is 17.2 Å². The van der Waals surface area contributed by atoms with Crippen molar-refractivity contribution in [3.63, 3.8) is 0 Å². The van der Waals surface area contributed by atoms with Crippen LogP contribution in [0.5, 0.6) is 0 Å². The van der Waals surface area contributed by atoms with Crippen LogP contribution in [0.25, 0.3) is 0 Å². The maximum absolute atomic E-state index is 10.5. The van der Waals surface area contributed by atoms with Crippen LogP contribution in [0.1, 0.15) is 5.56 Å². The lowest BCUT2D eigenvalue weighted by molar-refractivity contribution is -0.384. The zero-order valence-corrected chi connectivity index (χ0v) is 12.9. The Balaban J connectivity index is 1.73. The summed E-state index contributed by atoms with van der Waals surface area (Å²) in [5.41, 5.74) is 9.64. The van der Waals surface area contributed by atoms with Gasteiger partial charge in [-0.1, -0.05) is 0 Å². The van der Waals surface area contributed by atoms with E-state index in [2.05, 4.69) is 26.4 Å². The predicted octanol–water partition coefficient (Wildman–Crippen LogP) is 2.85. The fourth-order valence-electron chi connectivity index (χ4n) is 1.61. The Kier molecular flexibility index (Phi) is 5.64. The summed E-state index contributed by atoms with van der Waals surface area (Å²) >= 11 is 3.32. The Morgan fingerprint density at radius 1 is 1.36 bits per heavy atom. The number of halogens is 1. The average Bonchev–Trinajstić information content (AvgIpc) is 2.50. The number of aromatic nitrogens is 1. The van der Waals surface area contributed by atoms with Crippen LogP contribution in [0.2, 0.25) is 0 Å². The summed E-state index contributed by atoms with van der Waals surface area (Å²) in [5.74, 6) is 0.440. The molecule has 1 heterocycles. The molecule has 0 atom stereocenters. The Bertz CT molecular complexity index is 651. The first-order chi connectivity index (χ1) is 10.6. The number of nitrogen functional groups attached to an aromatic ring is 1. The quantitative estimate of drug-likeness (QED) is 0.334.